The first kappa shape index (κ1) is 19.7. The molecule has 134 valence electrons. The van der Waals surface area contributed by atoms with Gasteiger partial charge in [0.25, 0.3) is 0 Å². The van der Waals surface area contributed by atoms with Gasteiger partial charge >= 0.3 is 6.09 Å². The van der Waals surface area contributed by atoms with E-state index in [1.54, 1.807) is 9.80 Å². The summed E-state index contributed by atoms with van der Waals surface area (Å²) < 4.78 is 10.7. The number of hydrogen-bond donors (Lipinski definition) is 1. The first-order valence-corrected chi connectivity index (χ1v) is 8.29. The van der Waals surface area contributed by atoms with Gasteiger partial charge in [-0.15, -0.1) is 0 Å². The van der Waals surface area contributed by atoms with Gasteiger partial charge in [-0.25, -0.2) is 4.79 Å². The number of nitrogens with one attached hydrogen (secondary N) is 1. The molecule has 1 N–H and O–H groups in total. The Hall–Kier alpha value is -1.34. The van der Waals surface area contributed by atoms with Gasteiger partial charge in [-0.3, -0.25) is 4.79 Å². The normalized spacial score (nSPS) is 17.1. The minimum absolute atomic E-state index is 0.0530. The quantitative estimate of drug-likeness (QED) is 0.789. The largest absolute Gasteiger partial charge is 0.444 e. The van der Waals surface area contributed by atoms with Gasteiger partial charge in [0.15, 0.2) is 0 Å². The maximum atomic E-state index is 12.2. The van der Waals surface area contributed by atoms with Crippen LogP contribution in [-0.2, 0) is 14.3 Å². The fourth-order valence-corrected chi connectivity index (χ4v) is 2.19. The summed E-state index contributed by atoms with van der Waals surface area (Å²) in [6.07, 6.45) is -0.312. The summed E-state index contributed by atoms with van der Waals surface area (Å²) in [4.78, 5) is 27.6. The van der Waals surface area contributed by atoms with Crippen LogP contribution in [-0.4, -0.2) is 79.4 Å². The number of carbonyl (C=O) groups excluding carboxylic acids is 2. The van der Waals surface area contributed by atoms with Crippen molar-refractivity contribution in [1.29, 1.82) is 0 Å². The average molecular weight is 329 g/mol. The number of carbonyl (C=O) groups is 2. The molecule has 0 saturated carbocycles. The van der Waals surface area contributed by atoms with E-state index >= 15 is 0 Å². The standard InChI is InChI=1S/C16H31N3O4/c1-6-22-12-13(2)17-11-14(20)18-7-9-19(10-8-18)15(21)23-16(3,4)5/h13,17H,6-12H2,1-5H3. The predicted molar refractivity (Wildman–Crippen MR) is 88.3 cm³/mol. The van der Waals surface area contributed by atoms with Crippen LogP contribution >= 0.6 is 0 Å². The van der Waals surface area contributed by atoms with Crippen molar-refractivity contribution in [1.82, 2.24) is 15.1 Å². The highest BCUT2D eigenvalue weighted by atomic mass is 16.6. The van der Waals surface area contributed by atoms with Crippen LogP contribution in [0.2, 0.25) is 0 Å². The summed E-state index contributed by atoms with van der Waals surface area (Å²) in [5.41, 5.74) is -0.495. The molecule has 7 nitrogen and oxygen atoms in total. The molecule has 1 saturated heterocycles. The summed E-state index contributed by atoms with van der Waals surface area (Å²) in [6, 6.07) is 0.141. The van der Waals surface area contributed by atoms with E-state index in [1.165, 1.54) is 0 Å². The number of amides is 2. The lowest BCUT2D eigenvalue weighted by Gasteiger charge is -2.35. The molecular formula is C16H31N3O4. The van der Waals surface area contributed by atoms with Gasteiger partial charge in [0.2, 0.25) is 5.91 Å². The zero-order valence-corrected chi connectivity index (χ0v) is 15.1. The topological polar surface area (TPSA) is 71.1 Å². The van der Waals surface area contributed by atoms with E-state index in [4.69, 9.17) is 9.47 Å². The van der Waals surface area contributed by atoms with Gasteiger partial charge in [0.1, 0.15) is 5.60 Å². The Morgan fingerprint density at radius 1 is 1.13 bits per heavy atom. The second-order valence-electron chi connectivity index (χ2n) is 6.79. The Balaban J connectivity index is 2.29. The summed E-state index contributed by atoms with van der Waals surface area (Å²) >= 11 is 0. The van der Waals surface area contributed by atoms with E-state index in [9.17, 15) is 9.59 Å². The lowest BCUT2D eigenvalue weighted by atomic mass is 10.2. The molecule has 0 aromatic rings. The van der Waals surface area contributed by atoms with Crippen molar-refractivity contribution in [3.63, 3.8) is 0 Å². The minimum atomic E-state index is -0.495. The number of piperazine rings is 1. The van der Waals surface area contributed by atoms with E-state index in [2.05, 4.69) is 5.32 Å². The molecule has 23 heavy (non-hydrogen) atoms. The summed E-state index contributed by atoms with van der Waals surface area (Å²) in [7, 11) is 0. The third-order valence-corrected chi connectivity index (χ3v) is 3.46. The van der Waals surface area contributed by atoms with Gasteiger partial charge in [0, 0.05) is 38.8 Å². The van der Waals surface area contributed by atoms with E-state index < -0.39 is 5.60 Å². The fourth-order valence-electron chi connectivity index (χ4n) is 2.19. The number of ether oxygens (including phenoxy) is 2. The van der Waals surface area contributed by atoms with Gasteiger partial charge in [0.05, 0.1) is 13.2 Å². The molecule has 7 heteroatoms. The van der Waals surface area contributed by atoms with Crippen molar-refractivity contribution in [2.75, 3.05) is 45.9 Å². The number of rotatable bonds is 6. The zero-order valence-electron chi connectivity index (χ0n) is 15.1. The molecule has 0 spiro atoms. The van der Waals surface area contributed by atoms with E-state index in [0.717, 1.165) is 0 Å². The van der Waals surface area contributed by atoms with Gasteiger partial charge in [-0.2, -0.15) is 0 Å². The van der Waals surface area contributed by atoms with Crippen molar-refractivity contribution in [3.8, 4) is 0 Å². The molecule has 1 heterocycles. The number of hydrogen-bond acceptors (Lipinski definition) is 5. The highest BCUT2D eigenvalue weighted by molar-refractivity contribution is 5.78. The molecule has 0 aromatic carbocycles. The highest BCUT2D eigenvalue weighted by Crippen LogP contribution is 2.11. The summed E-state index contributed by atoms with van der Waals surface area (Å²) in [6.45, 7) is 13.1. The third-order valence-electron chi connectivity index (χ3n) is 3.46. The van der Waals surface area contributed by atoms with Crippen molar-refractivity contribution in [2.24, 2.45) is 0 Å². The van der Waals surface area contributed by atoms with Crippen molar-refractivity contribution < 1.29 is 19.1 Å². The van der Waals surface area contributed by atoms with Crippen LogP contribution in [0.5, 0.6) is 0 Å². The minimum Gasteiger partial charge on any atom is -0.444 e. The molecule has 0 bridgehead atoms. The van der Waals surface area contributed by atoms with Crippen LogP contribution in [0.25, 0.3) is 0 Å². The second-order valence-corrected chi connectivity index (χ2v) is 6.79. The molecule has 1 fully saturated rings. The second kappa shape index (κ2) is 9.08. The van der Waals surface area contributed by atoms with Crippen molar-refractivity contribution in [2.45, 2.75) is 46.3 Å². The Labute approximate surface area is 139 Å². The molecule has 0 radical (unpaired) electrons. The van der Waals surface area contributed by atoms with E-state index in [0.29, 0.717) is 45.9 Å². The van der Waals surface area contributed by atoms with Crippen LogP contribution in [0.4, 0.5) is 4.79 Å². The molecule has 1 aliphatic heterocycles. The fraction of sp³-hybridized carbons (Fsp3) is 0.875. The predicted octanol–water partition coefficient (Wildman–Crippen LogP) is 1.08. The lowest BCUT2D eigenvalue weighted by molar-refractivity contribution is -0.132. The Morgan fingerprint density at radius 3 is 2.22 bits per heavy atom. The first-order valence-electron chi connectivity index (χ1n) is 8.29. The average Bonchev–Trinajstić information content (AvgIpc) is 2.49. The van der Waals surface area contributed by atoms with Crippen LogP contribution in [0, 0.1) is 0 Å². The Kier molecular flexibility index (Phi) is 7.78. The molecule has 1 rings (SSSR count). The van der Waals surface area contributed by atoms with Gasteiger partial charge in [-0.05, 0) is 34.6 Å². The molecule has 0 aromatic heterocycles. The summed E-state index contributed by atoms with van der Waals surface area (Å²) in [5, 5.41) is 3.16. The molecule has 2 amide bonds. The Bertz CT molecular complexity index is 387. The number of nitrogens with zero attached hydrogens (tertiary/aromatic N) is 2. The van der Waals surface area contributed by atoms with Crippen molar-refractivity contribution in [3.05, 3.63) is 0 Å². The first-order chi connectivity index (χ1) is 10.7. The van der Waals surface area contributed by atoms with Crippen LogP contribution < -0.4 is 5.32 Å². The van der Waals surface area contributed by atoms with Crippen LogP contribution in [0.3, 0.4) is 0 Å². The van der Waals surface area contributed by atoms with E-state index in [-0.39, 0.29) is 18.0 Å². The zero-order chi connectivity index (χ0) is 17.5. The van der Waals surface area contributed by atoms with E-state index in [1.807, 2.05) is 34.6 Å². The van der Waals surface area contributed by atoms with Gasteiger partial charge < -0.3 is 24.6 Å². The Morgan fingerprint density at radius 2 is 1.70 bits per heavy atom. The monoisotopic (exact) mass is 329 g/mol. The molecule has 1 atom stereocenters. The lowest BCUT2D eigenvalue weighted by Crippen LogP contribution is -2.53. The van der Waals surface area contributed by atoms with Gasteiger partial charge in [-0.1, -0.05) is 0 Å². The highest BCUT2D eigenvalue weighted by Gasteiger charge is 2.27. The molecule has 0 aliphatic carbocycles. The maximum Gasteiger partial charge on any atom is 0.410 e. The SMILES string of the molecule is CCOCC(C)NCC(=O)N1CCN(C(=O)OC(C)(C)C)CC1. The van der Waals surface area contributed by atoms with Crippen LogP contribution in [0.1, 0.15) is 34.6 Å². The third kappa shape index (κ3) is 7.65. The van der Waals surface area contributed by atoms with Crippen molar-refractivity contribution >= 4 is 12.0 Å². The smallest absolute Gasteiger partial charge is 0.410 e. The van der Waals surface area contributed by atoms with Crippen LogP contribution in [0.15, 0.2) is 0 Å². The summed E-state index contributed by atoms with van der Waals surface area (Å²) in [5.74, 6) is 0.0530. The molecule has 1 unspecified atom stereocenters. The maximum absolute atomic E-state index is 12.2. The molecule has 1 aliphatic rings. The molecular weight excluding hydrogens is 298 g/mol.